The van der Waals surface area contributed by atoms with Gasteiger partial charge in [0.2, 0.25) is 11.0 Å². The second-order valence-corrected chi connectivity index (χ2v) is 6.01. The number of thioether (sulfide) groups is 1. The van der Waals surface area contributed by atoms with E-state index in [0.717, 1.165) is 11.8 Å². The number of carbonyl (C=O) groups is 3. The first-order valence-corrected chi connectivity index (χ1v) is 8.14. The number of hydrogen-bond donors (Lipinski definition) is 2. The molecule has 2 aromatic rings. The van der Waals surface area contributed by atoms with Crippen molar-refractivity contribution in [3.8, 4) is 0 Å². The van der Waals surface area contributed by atoms with Crippen LogP contribution in [-0.4, -0.2) is 23.5 Å². The second kappa shape index (κ2) is 8.74. The Labute approximate surface area is 148 Å². The highest BCUT2D eigenvalue weighted by Crippen LogP contribution is 2.27. The molecule has 128 valence electrons. The quantitative estimate of drug-likeness (QED) is 0.583. The van der Waals surface area contributed by atoms with E-state index < -0.39 is 11.8 Å². The summed E-state index contributed by atoms with van der Waals surface area (Å²) in [6.45, 7) is 0.126. The zero-order valence-electron chi connectivity index (χ0n) is 13.1. The van der Waals surface area contributed by atoms with Gasteiger partial charge in [0.1, 0.15) is 5.69 Å². The Hall–Kier alpha value is -3.00. The molecular weight excluding hydrogens is 342 g/mol. The van der Waals surface area contributed by atoms with Crippen molar-refractivity contribution in [2.24, 2.45) is 10.9 Å². The van der Waals surface area contributed by atoms with Crippen LogP contribution < -0.4 is 11.1 Å². The van der Waals surface area contributed by atoms with E-state index in [0.29, 0.717) is 16.0 Å². The Morgan fingerprint density at radius 1 is 1.04 bits per heavy atom. The maximum Gasteiger partial charge on any atom is 0.252 e. The van der Waals surface area contributed by atoms with Gasteiger partial charge in [-0.3, -0.25) is 14.4 Å². The molecule has 25 heavy (non-hydrogen) atoms. The molecule has 7 nitrogen and oxygen atoms in total. The summed E-state index contributed by atoms with van der Waals surface area (Å²) in [4.78, 5) is 46.2. The van der Waals surface area contributed by atoms with E-state index in [2.05, 4.69) is 10.5 Å². The highest BCUT2D eigenvalue weighted by atomic mass is 32.2. The average Bonchev–Trinajstić information content (AvgIpc) is 2.61. The minimum absolute atomic E-state index is 0.0388. The molecular formula is C17H15N3O4S. The second-order valence-electron chi connectivity index (χ2n) is 5.00. The van der Waals surface area contributed by atoms with Gasteiger partial charge in [-0.1, -0.05) is 12.1 Å². The molecule has 0 radical (unpaired) electrons. The Morgan fingerprint density at radius 3 is 2.36 bits per heavy atom. The van der Waals surface area contributed by atoms with Crippen LogP contribution >= 0.6 is 11.8 Å². The Morgan fingerprint density at radius 2 is 1.72 bits per heavy atom. The van der Waals surface area contributed by atoms with E-state index in [1.807, 2.05) is 0 Å². The van der Waals surface area contributed by atoms with Crippen molar-refractivity contribution in [1.29, 1.82) is 0 Å². The van der Waals surface area contributed by atoms with Crippen molar-refractivity contribution >= 4 is 34.4 Å². The summed E-state index contributed by atoms with van der Waals surface area (Å²) in [5, 5.41) is 5.10. The van der Waals surface area contributed by atoms with E-state index in [4.69, 9.17) is 5.73 Å². The van der Waals surface area contributed by atoms with Gasteiger partial charge in [-0.05, 0) is 53.3 Å². The molecule has 2 amide bonds. The molecule has 0 bridgehead atoms. The van der Waals surface area contributed by atoms with Crippen molar-refractivity contribution in [2.75, 3.05) is 6.54 Å². The minimum atomic E-state index is -0.508. The smallest absolute Gasteiger partial charge is 0.252 e. The average molecular weight is 357 g/mol. The van der Waals surface area contributed by atoms with Crippen molar-refractivity contribution < 1.29 is 14.4 Å². The molecule has 0 unspecified atom stereocenters. The molecule has 8 heteroatoms. The lowest BCUT2D eigenvalue weighted by Crippen LogP contribution is -2.28. The summed E-state index contributed by atoms with van der Waals surface area (Å²) >= 11 is 0.905. The number of nitrogens with one attached hydrogen (secondary N) is 1. The van der Waals surface area contributed by atoms with E-state index in [-0.39, 0.29) is 23.8 Å². The number of nitrogens with zero attached hydrogens (tertiary/aromatic N) is 1. The van der Waals surface area contributed by atoms with Crippen LogP contribution in [0, 0.1) is 4.91 Å². The predicted octanol–water partition coefficient (Wildman–Crippen LogP) is 2.62. The Balaban J connectivity index is 2.11. The summed E-state index contributed by atoms with van der Waals surface area (Å²) in [7, 11) is 0. The molecule has 0 aliphatic heterocycles. The SMILES string of the molecule is NC(=O)CCNC(=O)c1ccccc1SC(=O)c1ccc(N=O)cc1. The predicted molar refractivity (Wildman–Crippen MR) is 94.7 cm³/mol. The van der Waals surface area contributed by atoms with Crippen molar-refractivity contribution in [3.63, 3.8) is 0 Å². The van der Waals surface area contributed by atoms with E-state index in [1.54, 1.807) is 24.3 Å². The summed E-state index contributed by atoms with van der Waals surface area (Å²) in [6, 6.07) is 12.6. The van der Waals surface area contributed by atoms with Crippen LogP contribution in [-0.2, 0) is 4.79 Å². The van der Waals surface area contributed by atoms with Crippen molar-refractivity contribution in [2.45, 2.75) is 11.3 Å². The number of hydrogen-bond acceptors (Lipinski definition) is 6. The fraction of sp³-hybridized carbons (Fsp3) is 0.118. The number of primary amides is 1. The number of benzene rings is 2. The number of nitrogens with two attached hydrogens (primary N) is 1. The lowest BCUT2D eigenvalue weighted by molar-refractivity contribution is -0.117. The first kappa shape index (κ1) is 18.3. The molecule has 0 heterocycles. The molecule has 0 atom stereocenters. The lowest BCUT2D eigenvalue weighted by Gasteiger charge is -2.09. The molecule has 3 N–H and O–H groups in total. The van der Waals surface area contributed by atoms with Gasteiger partial charge in [-0.2, -0.15) is 0 Å². The van der Waals surface area contributed by atoms with Gasteiger partial charge >= 0.3 is 0 Å². The van der Waals surface area contributed by atoms with Crippen LogP contribution in [0.25, 0.3) is 0 Å². The van der Waals surface area contributed by atoms with Gasteiger partial charge in [0.05, 0.1) is 5.56 Å². The van der Waals surface area contributed by atoms with Gasteiger partial charge < -0.3 is 11.1 Å². The molecule has 0 aliphatic carbocycles. The summed E-state index contributed by atoms with van der Waals surface area (Å²) in [5.74, 6) is -0.899. The number of amides is 2. The number of rotatable bonds is 7. The fourth-order valence-electron chi connectivity index (χ4n) is 1.95. The lowest BCUT2D eigenvalue weighted by atomic mass is 10.2. The fourth-order valence-corrected chi connectivity index (χ4v) is 2.83. The third kappa shape index (κ3) is 5.25. The molecule has 0 aliphatic rings. The highest BCUT2D eigenvalue weighted by molar-refractivity contribution is 8.14. The topological polar surface area (TPSA) is 119 Å². The number of nitroso groups, excluding NO2 is 1. The van der Waals surface area contributed by atoms with Crippen LogP contribution in [0.5, 0.6) is 0 Å². The molecule has 2 rings (SSSR count). The van der Waals surface area contributed by atoms with Gasteiger partial charge in [0.25, 0.3) is 5.91 Å². The van der Waals surface area contributed by atoms with Gasteiger partial charge in [-0.25, -0.2) is 0 Å². The Kier molecular flexibility index (Phi) is 6.41. The molecule has 0 spiro atoms. The zero-order chi connectivity index (χ0) is 18.2. The number of carbonyl (C=O) groups excluding carboxylic acids is 3. The zero-order valence-corrected chi connectivity index (χ0v) is 13.9. The van der Waals surface area contributed by atoms with E-state index in [9.17, 15) is 19.3 Å². The van der Waals surface area contributed by atoms with Gasteiger partial charge in [0.15, 0.2) is 0 Å². The van der Waals surface area contributed by atoms with Gasteiger partial charge in [0, 0.05) is 23.4 Å². The normalized spacial score (nSPS) is 10.1. The first-order valence-electron chi connectivity index (χ1n) is 7.32. The highest BCUT2D eigenvalue weighted by Gasteiger charge is 2.15. The van der Waals surface area contributed by atoms with Gasteiger partial charge in [-0.15, -0.1) is 4.91 Å². The Bertz CT molecular complexity index is 806. The van der Waals surface area contributed by atoms with Crippen molar-refractivity contribution in [1.82, 2.24) is 5.32 Å². The molecule has 0 aromatic heterocycles. The van der Waals surface area contributed by atoms with Crippen LogP contribution in [0.4, 0.5) is 5.69 Å². The van der Waals surface area contributed by atoms with E-state index >= 15 is 0 Å². The molecule has 0 fully saturated rings. The maximum absolute atomic E-state index is 12.4. The molecule has 0 saturated heterocycles. The van der Waals surface area contributed by atoms with E-state index in [1.165, 1.54) is 24.3 Å². The standard InChI is InChI=1S/C17H15N3O4S/c18-15(21)9-10-19-16(22)13-3-1-2-4-14(13)25-17(23)11-5-7-12(20-24)8-6-11/h1-8H,9-10H2,(H2,18,21)(H,19,22). The molecule has 2 aromatic carbocycles. The maximum atomic E-state index is 12.4. The summed E-state index contributed by atoms with van der Waals surface area (Å²) in [5.41, 5.74) is 5.99. The summed E-state index contributed by atoms with van der Waals surface area (Å²) in [6.07, 6.45) is 0.0388. The molecule has 0 saturated carbocycles. The minimum Gasteiger partial charge on any atom is -0.370 e. The largest absolute Gasteiger partial charge is 0.370 e. The van der Waals surface area contributed by atoms with Crippen molar-refractivity contribution in [3.05, 3.63) is 64.6 Å². The van der Waals surface area contributed by atoms with Crippen LogP contribution in [0.15, 0.2) is 58.6 Å². The van der Waals surface area contributed by atoms with Crippen LogP contribution in [0.3, 0.4) is 0 Å². The first-order chi connectivity index (χ1) is 12.0. The van der Waals surface area contributed by atoms with Crippen LogP contribution in [0.1, 0.15) is 27.1 Å². The monoisotopic (exact) mass is 357 g/mol. The van der Waals surface area contributed by atoms with Crippen LogP contribution in [0.2, 0.25) is 0 Å². The third-order valence-corrected chi connectivity index (χ3v) is 4.20. The third-order valence-electron chi connectivity index (χ3n) is 3.20. The summed E-state index contributed by atoms with van der Waals surface area (Å²) < 4.78 is 0.